The quantitative estimate of drug-likeness (QED) is 0.889. The lowest BCUT2D eigenvalue weighted by Crippen LogP contribution is -2.06. The number of aromatic hydroxyl groups is 1. The molecule has 3 nitrogen and oxygen atoms in total. The van der Waals surface area contributed by atoms with E-state index in [0.29, 0.717) is 16.7 Å². The zero-order valence-corrected chi connectivity index (χ0v) is 10.3. The van der Waals surface area contributed by atoms with E-state index in [1.807, 2.05) is 0 Å². The predicted octanol–water partition coefficient (Wildman–Crippen LogP) is 3.39. The number of rotatable bonds is 3. The lowest BCUT2D eigenvalue weighted by molar-refractivity contribution is -0.138. The monoisotopic (exact) mass is 260 g/mol. The highest BCUT2D eigenvalue weighted by molar-refractivity contribution is 5.76. The molecule has 0 saturated heterocycles. The Morgan fingerprint density at radius 3 is 2.32 bits per heavy atom. The van der Waals surface area contributed by atoms with Crippen LogP contribution in [0.2, 0.25) is 0 Å². The van der Waals surface area contributed by atoms with E-state index >= 15 is 0 Å². The van der Waals surface area contributed by atoms with Gasteiger partial charge in [-0.3, -0.25) is 4.79 Å². The summed E-state index contributed by atoms with van der Waals surface area (Å²) in [5.41, 5.74) is 1.90. The number of benzene rings is 2. The Kier molecular flexibility index (Phi) is 3.51. The van der Waals surface area contributed by atoms with Crippen LogP contribution in [0.4, 0.5) is 4.39 Å². The Morgan fingerprint density at radius 2 is 1.79 bits per heavy atom. The minimum absolute atomic E-state index is 0.140. The third-order valence-electron chi connectivity index (χ3n) is 3.05. The molecule has 0 bridgehead atoms. The van der Waals surface area contributed by atoms with E-state index in [-0.39, 0.29) is 5.75 Å². The summed E-state index contributed by atoms with van der Waals surface area (Å²) in [5.74, 6) is -2.12. The van der Waals surface area contributed by atoms with Crippen LogP contribution in [0, 0.1) is 5.82 Å². The van der Waals surface area contributed by atoms with Gasteiger partial charge in [-0.25, -0.2) is 4.39 Å². The average Bonchev–Trinajstić information content (AvgIpc) is 2.38. The van der Waals surface area contributed by atoms with Crippen LogP contribution in [0.1, 0.15) is 18.4 Å². The van der Waals surface area contributed by atoms with Crippen molar-refractivity contribution in [3.63, 3.8) is 0 Å². The van der Waals surface area contributed by atoms with Crippen molar-refractivity contribution in [1.29, 1.82) is 0 Å². The van der Waals surface area contributed by atoms with Crippen LogP contribution in [0.25, 0.3) is 11.1 Å². The highest BCUT2D eigenvalue weighted by atomic mass is 19.1. The molecule has 0 saturated carbocycles. The van der Waals surface area contributed by atoms with Crippen molar-refractivity contribution in [1.82, 2.24) is 0 Å². The highest BCUT2D eigenvalue weighted by Gasteiger charge is 2.13. The summed E-state index contributed by atoms with van der Waals surface area (Å²) in [6.07, 6.45) is 0. The number of halogens is 1. The van der Waals surface area contributed by atoms with Gasteiger partial charge in [-0.2, -0.15) is 0 Å². The molecule has 0 aromatic heterocycles. The predicted molar refractivity (Wildman–Crippen MR) is 69.6 cm³/mol. The highest BCUT2D eigenvalue weighted by Crippen LogP contribution is 2.30. The van der Waals surface area contributed by atoms with Gasteiger partial charge in [0.25, 0.3) is 0 Å². The molecule has 0 spiro atoms. The lowest BCUT2D eigenvalue weighted by atomic mass is 9.97. The van der Waals surface area contributed by atoms with Crippen LogP contribution in [0.15, 0.2) is 42.5 Å². The Hall–Kier alpha value is -2.36. The van der Waals surface area contributed by atoms with Crippen LogP contribution < -0.4 is 0 Å². The molecule has 0 radical (unpaired) electrons. The van der Waals surface area contributed by atoms with Gasteiger partial charge < -0.3 is 10.2 Å². The molecule has 98 valence electrons. The second kappa shape index (κ2) is 5.10. The van der Waals surface area contributed by atoms with E-state index in [0.717, 1.165) is 6.07 Å². The molecule has 4 heteroatoms. The standard InChI is InChI=1S/C15H13FO3/c1-9(15(18)19)10-2-4-11(5-3-10)13-7-6-12(16)8-14(13)17/h2-9,17H,1H3,(H,18,19). The molecule has 1 unspecified atom stereocenters. The largest absolute Gasteiger partial charge is 0.507 e. The maximum absolute atomic E-state index is 12.9. The fourth-order valence-electron chi connectivity index (χ4n) is 1.84. The normalized spacial score (nSPS) is 12.1. The Labute approximate surface area is 109 Å². The number of phenolic OH excluding ortho intramolecular Hbond substituents is 1. The fourth-order valence-corrected chi connectivity index (χ4v) is 1.84. The third kappa shape index (κ3) is 2.73. The van der Waals surface area contributed by atoms with Gasteiger partial charge in [0.05, 0.1) is 5.92 Å². The first kappa shape index (κ1) is 13.1. The van der Waals surface area contributed by atoms with Gasteiger partial charge in [0.2, 0.25) is 0 Å². The molecule has 0 aliphatic carbocycles. The van der Waals surface area contributed by atoms with E-state index in [1.165, 1.54) is 12.1 Å². The summed E-state index contributed by atoms with van der Waals surface area (Å²) in [6.45, 7) is 1.60. The van der Waals surface area contributed by atoms with Gasteiger partial charge in [0.15, 0.2) is 0 Å². The summed E-state index contributed by atoms with van der Waals surface area (Å²) in [6, 6.07) is 10.6. The first-order chi connectivity index (χ1) is 8.99. The molecule has 2 aromatic carbocycles. The lowest BCUT2D eigenvalue weighted by Gasteiger charge is -2.09. The average molecular weight is 260 g/mol. The van der Waals surface area contributed by atoms with E-state index in [1.54, 1.807) is 31.2 Å². The number of phenols is 1. The summed E-state index contributed by atoms with van der Waals surface area (Å²) < 4.78 is 12.9. The molecule has 0 heterocycles. The molecule has 0 fully saturated rings. The van der Waals surface area contributed by atoms with Crippen LogP contribution in [-0.4, -0.2) is 16.2 Å². The first-order valence-corrected chi connectivity index (χ1v) is 5.80. The van der Waals surface area contributed by atoms with Gasteiger partial charge in [0.1, 0.15) is 11.6 Å². The Bertz CT molecular complexity index is 605. The summed E-state index contributed by atoms with van der Waals surface area (Å²) in [5, 5.41) is 18.6. The van der Waals surface area contributed by atoms with E-state index in [9.17, 15) is 14.3 Å². The van der Waals surface area contributed by atoms with Crippen LogP contribution in [0.5, 0.6) is 5.75 Å². The number of aliphatic carboxylic acids is 1. The second-order valence-electron chi connectivity index (χ2n) is 4.34. The summed E-state index contributed by atoms with van der Waals surface area (Å²) >= 11 is 0. The van der Waals surface area contributed by atoms with Crippen molar-refractivity contribution in [2.24, 2.45) is 0 Å². The molecule has 2 aromatic rings. The molecule has 0 amide bonds. The van der Waals surface area contributed by atoms with Crippen LogP contribution in [-0.2, 0) is 4.79 Å². The number of carbonyl (C=O) groups is 1. The van der Waals surface area contributed by atoms with Crippen molar-refractivity contribution < 1.29 is 19.4 Å². The molecular formula is C15H13FO3. The van der Waals surface area contributed by atoms with Crippen molar-refractivity contribution in [2.45, 2.75) is 12.8 Å². The molecular weight excluding hydrogens is 247 g/mol. The van der Waals surface area contributed by atoms with Crippen molar-refractivity contribution >= 4 is 5.97 Å². The Balaban J connectivity index is 2.35. The maximum Gasteiger partial charge on any atom is 0.310 e. The minimum atomic E-state index is -0.891. The van der Waals surface area contributed by atoms with Crippen molar-refractivity contribution in [3.05, 3.63) is 53.8 Å². The third-order valence-corrected chi connectivity index (χ3v) is 3.05. The molecule has 0 aliphatic heterocycles. The second-order valence-corrected chi connectivity index (χ2v) is 4.34. The number of hydrogen-bond acceptors (Lipinski definition) is 2. The van der Waals surface area contributed by atoms with E-state index < -0.39 is 17.7 Å². The topological polar surface area (TPSA) is 57.5 Å². The minimum Gasteiger partial charge on any atom is -0.507 e. The van der Waals surface area contributed by atoms with Crippen LogP contribution >= 0.6 is 0 Å². The molecule has 2 rings (SSSR count). The number of carboxylic acid groups (broad SMARTS) is 1. The fraction of sp³-hybridized carbons (Fsp3) is 0.133. The van der Waals surface area contributed by atoms with Crippen molar-refractivity contribution in [3.8, 4) is 16.9 Å². The van der Waals surface area contributed by atoms with E-state index in [4.69, 9.17) is 5.11 Å². The van der Waals surface area contributed by atoms with E-state index in [2.05, 4.69) is 0 Å². The van der Waals surface area contributed by atoms with Gasteiger partial charge >= 0.3 is 5.97 Å². The summed E-state index contributed by atoms with van der Waals surface area (Å²) in [4.78, 5) is 10.9. The number of carboxylic acids is 1. The molecule has 1 atom stereocenters. The first-order valence-electron chi connectivity index (χ1n) is 5.80. The maximum atomic E-state index is 12.9. The SMILES string of the molecule is CC(C(=O)O)c1ccc(-c2ccc(F)cc2O)cc1. The molecule has 19 heavy (non-hydrogen) atoms. The molecule has 2 N–H and O–H groups in total. The number of hydrogen-bond donors (Lipinski definition) is 2. The van der Waals surface area contributed by atoms with Gasteiger partial charge in [-0.1, -0.05) is 24.3 Å². The van der Waals surface area contributed by atoms with Gasteiger partial charge in [0, 0.05) is 11.6 Å². The smallest absolute Gasteiger partial charge is 0.310 e. The van der Waals surface area contributed by atoms with Gasteiger partial charge in [-0.15, -0.1) is 0 Å². The summed E-state index contributed by atoms with van der Waals surface area (Å²) in [7, 11) is 0. The zero-order valence-electron chi connectivity index (χ0n) is 10.3. The van der Waals surface area contributed by atoms with Gasteiger partial charge in [-0.05, 0) is 30.2 Å². The van der Waals surface area contributed by atoms with Crippen molar-refractivity contribution in [2.75, 3.05) is 0 Å². The Morgan fingerprint density at radius 1 is 1.16 bits per heavy atom. The van der Waals surface area contributed by atoms with Crippen LogP contribution in [0.3, 0.4) is 0 Å². The molecule has 0 aliphatic rings. The zero-order chi connectivity index (χ0) is 14.0.